The van der Waals surface area contributed by atoms with Crippen molar-refractivity contribution in [3.63, 3.8) is 0 Å². The van der Waals surface area contributed by atoms with Crippen LogP contribution < -0.4 is 10.6 Å². The number of fused-ring (bicyclic) bond motifs is 1. The predicted octanol–water partition coefficient (Wildman–Crippen LogP) is 6.76. The van der Waals surface area contributed by atoms with Crippen LogP contribution in [0.3, 0.4) is 0 Å². The van der Waals surface area contributed by atoms with E-state index in [-0.39, 0.29) is 24.3 Å². The number of hydrogen-bond acceptors (Lipinski definition) is 8. The van der Waals surface area contributed by atoms with E-state index in [1.807, 2.05) is 30.3 Å². The van der Waals surface area contributed by atoms with Gasteiger partial charge in [0, 0.05) is 41.1 Å². The number of aromatic nitrogens is 2. The van der Waals surface area contributed by atoms with E-state index < -0.39 is 5.97 Å². The highest BCUT2D eigenvalue weighted by Gasteiger charge is 2.26. The molecule has 2 aliphatic rings. The van der Waals surface area contributed by atoms with Crippen LogP contribution in [0.5, 0.6) is 0 Å². The van der Waals surface area contributed by atoms with Crippen molar-refractivity contribution < 1.29 is 19.1 Å². The molecule has 3 heterocycles. The monoisotopic (exact) mass is 611 g/mol. The molecular formula is C32H26ClN5O4S. The molecule has 9 nitrogen and oxygen atoms in total. The van der Waals surface area contributed by atoms with E-state index in [2.05, 4.69) is 25.6 Å². The van der Waals surface area contributed by atoms with E-state index >= 15 is 0 Å². The Labute approximate surface area is 256 Å². The first-order chi connectivity index (χ1) is 20.9. The van der Waals surface area contributed by atoms with Crippen LogP contribution in [0.15, 0.2) is 77.0 Å². The second kappa shape index (κ2) is 12.4. The Bertz CT molecular complexity index is 1820. The molecular weight excluding hydrogens is 586 g/mol. The highest BCUT2D eigenvalue weighted by molar-refractivity contribution is 8.18. The van der Waals surface area contributed by atoms with Gasteiger partial charge in [-0.15, -0.1) is 0 Å². The maximum atomic E-state index is 12.9. The minimum atomic E-state index is -0.468. The predicted molar refractivity (Wildman–Crippen MR) is 169 cm³/mol. The van der Waals surface area contributed by atoms with Crippen molar-refractivity contribution in [3.05, 3.63) is 88.2 Å². The smallest absolute Gasteiger partial charge is 0.340 e. The molecule has 4 aromatic rings. The van der Waals surface area contributed by atoms with Gasteiger partial charge in [0.1, 0.15) is 0 Å². The zero-order valence-corrected chi connectivity index (χ0v) is 24.7. The first-order valence-electron chi connectivity index (χ1n) is 13.8. The number of ether oxygens (including phenoxy) is 1. The molecule has 11 heteroatoms. The average molecular weight is 612 g/mol. The fourth-order valence-corrected chi connectivity index (χ4v) is 5.82. The van der Waals surface area contributed by atoms with Gasteiger partial charge in [-0.2, -0.15) is 0 Å². The van der Waals surface area contributed by atoms with Gasteiger partial charge < -0.3 is 15.4 Å². The van der Waals surface area contributed by atoms with Crippen LogP contribution in [0, 0.1) is 5.92 Å². The Morgan fingerprint density at radius 3 is 2.72 bits per heavy atom. The Morgan fingerprint density at radius 2 is 1.98 bits per heavy atom. The number of hydrogen-bond donors (Lipinski definition) is 2. The van der Waals surface area contributed by atoms with E-state index in [9.17, 15) is 14.4 Å². The van der Waals surface area contributed by atoms with Gasteiger partial charge in [-0.05, 0) is 91.2 Å². The van der Waals surface area contributed by atoms with Crippen molar-refractivity contribution >= 4 is 74.7 Å². The number of aliphatic imine (C=N–C) groups is 1. The second-order valence-corrected chi connectivity index (χ2v) is 11.5. The Morgan fingerprint density at radius 1 is 1.16 bits per heavy atom. The largest absolute Gasteiger partial charge is 0.462 e. The molecule has 0 radical (unpaired) electrons. The van der Waals surface area contributed by atoms with Crippen molar-refractivity contribution in [2.75, 3.05) is 11.9 Å². The van der Waals surface area contributed by atoms with Crippen LogP contribution in [-0.4, -0.2) is 39.5 Å². The number of rotatable bonds is 7. The molecule has 6 rings (SSSR count). The van der Waals surface area contributed by atoms with Gasteiger partial charge in [-0.25, -0.2) is 9.79 Å². The van der Waals surface area contributed by atoms with Crippen LogP contribution in [-0.2, 0) is 14.3 Å². The molecule has 0 unspecified atom stereocenters. The highest BCUT2D eigenvalue weighted by atomic mass is 35.5. The Hall–Kier alpha value is -4.54. The van der Waals surface area contributed by atoms with Gasteiger partial charge in [-0.1, -0.05) is 24.1 Å². The third-order valence-corrected chi connectivity index (χ3v) is 8.45. The van der Waals surface area contributed by atoms with Gasteiger partial charge in [0.25, 0.3) is 5.91 Å². The number of thioether (sulfide) groups is 1. The van der Waals surface area contributed by atoms with E-state index in [1.165, 1.54) is 18.0 Å². The van der Waals surface area contributed by atoms with Crippen molar-refractivity contribution in [1.29, 1.82) is 0 Å². The number of carbonyl (C=O) groups is 3. The quantitative estimate of drug-likeness (QED) is 0.175. The Kier molecular flexibility index (Phi) is 8.22. The van der Waals surface area contributed by atoms with Crippen LogP contribution in [0.2, 0.25) is 5.02 Å². The molecule has 1 aliphatic heterocycles. The lowest BCUT2D eigenvalue weighted by molar-refractivity contribution is -0.122. The standard InChI is InChI=1S/C32H26ClN5O4S/c1-2-42-31(41)23-17-35-25-9-6-18(14-22(25)28(23)19-10-12-34-13-11-19)15-27-30(40)38-32(43-27)37-26-16-21(7-8-24(26)33)36-29(39)20-4-3-5-20/h6-17,20H,2-5H2,1H3,(H,36,39)(H,37,38,40)/b27-15+. The number of benzene rings is 2. The molecule has 2 aromatic heterocycles. The number of anilines is 1. The average Bonchev–Trinajstić information content (AvgIpc) is 3.31. The summed E-state index contributed by atoms with van der Waals surface area (Å²) >= 11 is 7.57. The summed E-state index contributed by atoms with van der Waals surface area (Å²) in [5.41, 5.74) is 4.27. The molecule has 0 bridgehead atoms. The minimum absolute atomic E-state index is 0.00649. The summed E-state index contributed by atoms with van der Waals surface area (Å²) in [5.74, 6) is -0.731. The second-order valence-electron chi connectivity index (χ2n) is 10.0. The van der Waals surface area contributed by atoms with Crippen LogP contribution in [0.25, 0.3) is 28.1 Å². The number of esters is 1. The normalized spacial score (nSPS) is 16.7. The molecule has 0 atom stereocenters. The molecule has 1 saturated carbocycles. The molecule has 2 N–H and O–H groups in total. The fourth-order valence-electron chi connectivity index (χ4n) is 4.83. The van der Waals surface area contributed by atoms with Crippen molar-refractivity contribution in [3.8, 4) is 11.1 Å². The minimum Gasteiger partial charge on any atom is -0.462 e. The topological polar surface area (TPSA) is 123 Å². The first-order valence-corrected chi connectivity index (χ1v) is 15.0. The van der Waals surface area contributed by atoms with Crippen LogP contribution in [0.4, 0.5) is 11.4 Å². The van der Waals surface area contributed by atoms with Gasteiger partial charge in [0.15, 0.2) is 5.17 Å². The number of halogens is 1. The maximum Gasteiger partial charge on any atom is 0.340 e. The summed E-state index contributed by atoms with van der Waals surface area (Å²) in [6.45, 7) is 1.99. The summed E-state index contributed by atoms with van der Waals surface area (Å²) in [6, 6.07) is 14.3. The first kappa shape index (κ1) is 28.6. The number of nitrogens with zero attached hydrogens (tertiary/aromatic N) is 3. The van der Waals surface area contributed by atoms with Gasteiger partial charge in [0.2, 0.25) is 5.91 Å². The van der Waals surface area contributed by atoms with Gasteiger partial charge >= 0.3 is 5.97 Å². The molecule has 0 spiro atoms. The van der Waals surface area contributed by atoms with Gasteiger partial charge in [-0.3, -0.25) is 19.6 Å². The summed E-state index contributed by atoms with van der Waals surface area (Å²) in [5, 5.41) is 7.21. The molecule has 43 heavy (non-hydrogen) atoms. The maximum absolute atomic E-state index is 12.9. The molecule has 216 valence electrons. The molecule has 1 saturated heterocycles. The lowest BCUT2D eigenvalue weighted by atomic mass is 9.85. The Balaban J connectivity index is 1.31. The lowest BCUT2D eigenvalue weighted by Crippen LogP contribution is -2.27. The zero-order chi connectivity index (χ0) is 29.9. The van der Waals surface area contributed by atoms with Crippen LogP contribution >= 0.6 is 23.4 Å². The van der Waals surface area contributed by atoms with Crippen molar-refractivity contribution in [2.45, 2.75) is 26.2 Å². The summed E-state index contributed by atoms with van der Waals surface area (Å²) in [6.07, 6.45) is 9.47. The third-order valence-electron chi connectivity index (χ3n) is 7.22. The van der Waals surface area contributed by atoms with Crippen molar-refractivity contribution in [1.82, 2.24) is 15.3 Å². The summed E-state index contributed by atoms with van der Waals surface area (Å²) < 4.78 is 5.30. The number of nitrogens with one attached hydrogen (secondary N) is 2. The molecule has 1 aliphatic carbocycles. The highest BCUT2D eigenvalue weighted by Crippen LogP contribution is 2.36. The summed E-state index contributed by atoms with van der Waals surface area (Å²) in [4.78, 5) is 51.7. The number of amidine groups is 1. The zero-order valence-electron chi connectivity index (χ0n) is 23.1. The molecule has 2 fully saturated rings. The SMILES string of the molecule is CCOC(=O)c1cnc2ccc(/C=C3/SC(=Nc4cc(NC(=O)C5CCC5)ccc4Cl)NC3=O)cc2c1-c1ccncc1. The van der Waals surface area contributed by atoms with E-state index in [0.29, 0.717) is 43.1 Å². The van der Waals surface area contributed by atoms with E-state index in [1.54, 1.807) is 43.6 Å². The molecule has 2 amide bonds. The van der Waals surface area contributed by atoms with Crippen LogP contribution in [0.1, 0.15) is 42.1 Å². The number of amides is 2. The molecule has 2 aromatic carbocycles. The lowest BCUT2D eigenvalue weighted by Gasteiger charge is -2.24. The van der Waals surface area contributed by atoms with Gasteiger partial charge in [0.05, 0.1) is 33.3 Å². The van der Waals surface area contributed by atoms with Crippen molar-refractivity contribution in [2.24, 2.45) is 10.9 Å². The fraction of sp³-hybridized carbons (Fsp3) is 0.188. The number of pyridine rings is 2. The number of carbonyl (C=O) groups excluding carboxylic acids is 3. The third kappa shape index (κ3) is 6.16. The summed E-state index contributed by atoms with van der Waals surface area (Å²) in [7, 11) is 0. The van der Waals surface area contributed by atoms with E-state index in [4.69, 9.17) is 16.3 Å². The van der Waals surface area contributed by atoms with E-state index in [0.717, 1.165) is 35.8 Å².